The third kappa shape index (κ3) is 2.46. The van der Waals surface area contributed by atoms with Gasteiger partial charge in [-0.3, -0.25) is 4.79 Å². The van der Waals surface area contributed by atoms with E-state index in [1.54, 1.807) is 12.1 Å². The normalized spacial score (nSPS) is 10.2. The molecule has 0 atom stereocenters. The highest BCUT2D eigenvalue weighted by Crippen LogP contribution is 2.32. The summed E-state index contributed by atoms with van der Waals surface area (Å²) in [5.41, 5.74) is 0.422. The maximum absolute atomic E-state index is 11.4. The molecule has 0 aromatic heterocycles. The SMILES string of the molecule is O=C(CBr)c1c(Br)ccc(Cl)c1Cl. The van der Waals surface area contributed by atoms with Gasteiger partial charge in [0.2, 0.25) is 0 Å². The van der Waals surface area contributed by atoms with Gasteiger partial charge >= 0.3 is 0 Å². The number of benzene rings is 1. The minimum atomic E-state index is -0.0978. The molecule has 0 spiro atoms. The number of Topliss-reactive ketones (excluding diaryl/α,β-unsaturated/α-hetero) is 1. The average Bonchev–Trinajstić information content (AvgIpc) is 2.12. The van der Waals surface area contributed by atoms with E-state index in [2.05, 4.69) is 31.9 Å². The first-order valence-corrected chi connectivity index (χ1v) is 5.97. The van der Waals surface area contributed by atoms with Crippen molar-refractivity contribution in [2.75, 3.05) is 5.33 Å². The van der Waals surface area contributed by atoms with Crippen LogP contribution in [0.5, 0.6) is 0 Å². The van der Waals surface area contributed by atoms with Crippen LogP contribution in [0.15, 0.2) is 16.6 Å². The van der Waals surface area contributed by atoms with E-state index < -0.39 is 0 Å². The smallest absolute Gasteiger partial charge is 0.176 e. The second kappa shape index (κ2) is 4.78. The summed E-state index contributed by atoms with van der Waals surface area (Å²) in [4.78, 5) is 11.4. The zero-order chi connectivity index (χ0) is 10.0. The molecule has 0 fully saturated rings. The summed E-state index contributed by atoms with van der Waals surface area (Å²) in [6, 6.07) is 3.34. The summed E-state index contributed by atoms with van der Waals surface area (Å²) >= 11 is 17.9. The van der Waals surface area contributed by atoms with E-state index in [1.165, 1.54) is 0 Å². The van der Waals surface area contributed by atoms with Crippen molar-refractivity contribution in [1.29, 1.82) is 0 Å². The fourth-order valence-electron chi connectivity index (χ4n) is 0.849. The standard InChI is InChI=1S/C8H4Br2Cl2O/c9-3-6(13)7-4(10)1-2-5(11)8(7)12/h1-2H,3H2. The van der Waals surface area contributed by atoms with E-state index in [0.717, 1.165) is 0 Å². The van der Waals surface area contributed by atoms with Gasteiger partial charge in [-0.2, -0.15) is 0 Å². The number of alkyl halides is 1. The molecule has 0 amide bonds. The van der Waals surface area contributed by atoms with Crippen molar-refractivity contribution < 1.29 is 4.79 Å². The van der Waals surface area contributed by atoms with Crippen molar-refractivity contribution in [3.8, 4) is 0 Å². The second-order valence-electron chi connectivity index (χ2n) is 2.27. The summed E-state index contributed by atoms with van der Waals surface area (Å²) in [6.45, 7) is 0. The topological polar surface area (TPSA) is 17.1 Å². The van der Waals surface area contributed by atoms with Crippen LogP contribution in [-0.2, 0) is 0 Å². The Hall–Kier alpha value is 0.430. The number of hydrogen-bond donors (Lipinski definition) is 0. The van der Waals surface area contributed by atoms with Gasteiger partial charge in [-0.1, -0.05) is 39.1 Å². The molecule has 70 valence electrons. The lowest BCUT2D eigenvalue weighted by Gasteiger charge is -2.05. The lowest BCUT2D eigenvalue weighted by Crippen LogP contribution is -2.02. The third-order valence-electron chi connectivity index (χ3n) is 1.44. The Labute approximate surface area is 103 Å². The second-order valence-corrected chi connectivity index (χ2v) is 4.48. The van der Waals surface area contributed by atoms with Crippen LogP contribution in [-0.4, -0.2) is 11.1 Å². The Morgan fingerprint density at radius 3 is 2.54 bits per heavy atom. The molecule has 0 aliphatic heterocycles. The molecule has 0 N–H and O–H groups in total. The predicted molar refractivity (Wildman–Crippen MR) is 62.3 cm³/mol. The minimum Gasteiger partial charge on any atom is -0.293 e. The molecular weight excluding hydrogens is 343 g/mol. The molecule has 0 aliphatic carbocycles. The molecule has 1 aromatic rings. The van der Waals surface area contributed by atoms with Gasteiger partial charge < -0.3 is 0 Å². The molecule has 0 heterocycles. The molecule has 1 aromatic carbocycles. The monoisotopic (exact) mass is 344 g/mol. The first-order valence-electron chi connectivity index (χ1n) is 3.30. The van der Waals surface area contributed by atoms with Crippen molar-refractivity contribution in [3.63, 3.8) is 0 Å². The minimum absolute atomic E-state index is 0.0978. The zero-order valence-electron chi connectivity index (χ0n) is 6.28. The van der Waals surface area contributed by atoms with E-state index in [4.69, 9.17) is 23.2 Å². The molecule has 5 heteroatoms. The molecule has 13 heavy (non-hydrogen) atoms. The first kappa shape index (κ1) is 11.5. The van der Waals surface area contributed by atoms with Crippen molar-refractivity contribution in [2.24, 2.45) is 0 Å². The average molecular weight is 347 g/mol. The zero-order valence-corrected chi connectivity index (χ0v) is 11.0. The lowest BCUT2D eigenvalue weighted by molar-refractivity contribution is 0.102. The summed E-state index contributed by atoms with van der Waals surface area (Å²) < 4.78 is 0.659. The van der Waals surface area contributed by atoms with Crippen LogP contribution in [0.1, 0.15) is 10.4 Å². The maximum Gasteiger partial charge on any atom is 0.176 e. The summed E-state index contributed by atoms with van der Waals surface area (Å²) in [5.74, 6) is -0.0978. The van der Waals surface area contributed by atoms with Crippen molar-refractivity contribution in [2.45, 2.75) is 0 Å². The van der Waals surface area contributed by atoms with Crippen molar-refractivity contribution >= 4 is 60.8 Å². The number of carbonyl (C=O) groups excluding carboxylic acids is 1. The summed E-state index contributed by atoms with van der Waals surface area (Å²) in [7, 11) is 0. The number of rotatable bonds is 2. The van der Waals surface area contributed by atoms with Gasteiger partial charge in [-0.15, -0.1) is 0 Å². The van der Waals surface area contributed by atoms with Crippen LogP contribution in [0.4, 0.5) is 0 Å². The Balaban J connectivity index is 3.33. The van der Waals surface area contributed by atoms with Crippen LogP contribution in [0.2, 0.25) is 10.0 Å². The quantitative estimate of drug-likeness (QED) is 0.442. The van der Waals surface area contributed by atoms with Crippen LogP contribution < -0.4 is 0 Å². The van der Waals surface area contributed by atoms with Gasteiger partial charge in [-0.05, 0) is 28.1 Å². The third-order valence-corrected chi connectivity index (χ3v) is 3.42. The number of hydrogen-bond acceptors (Lipinski definition) is 1. The van der Waals surface area contributed by atoms with E-state index in [-0.39, 0.29) is 11.1 Å². The van der Waals surface area contributed by atoms with Gasteiger partial charge in [0, 0.05) is 4.47 Å². The van der Waals surface area contributed by atoms with Crippen LogP contribution >= 0.6 is 55.1 Å². The van der Waals surface area contributed by atoms with Crippen molar-refractivity contribution in [1.82, 2.24) is 0 Å². The predicted octanol–water partition coefficient (Wildman–Crippen LogP) is 4.33. The fourth-order valence-corrected chi connectivity index (χ4v) is 2.22. The van der Waals surface area contributed by atoms with Crippen LogP contribution in [0.3, 0.4) is 0 Å². The Bertz CT molecular complexity index is 352. The van der Waals surface area contributed by atoms with Crippen molar-refractivity contribution in [3.05, 3.63) is 32.2 Å². The molecular formula is C8H4Br2Cl2O. The maximum atomic E-state index is 11.4. The first-order chi connectivity index (χ1) is 6.07. The number of halogens is 4. The molecule has 0 saturated carbocycles. The molecule has 0 saturated heterocycles. The Kier molecular flexibility index (Phi) is 4.23. The number of ketones is 1. The summed E-state index contributed by atoms with van der Waals surface area (Å²) in [5, 5.41) is 0.903. The number of carbonyl (C=O) groups is 1. The van der Waals surface area contributed by atoms with Gasteiger partial charge in [0.25, 0.3) is 0 Å². The van der Waals surface area contributed by atoms with Crippen LogP contribution in [0.25, 0.3) is 0 Å². The van der Waals surface area contributed by atoms with Gasteiger partial charge in [0.05, 0.1) is 20.9 Å². The van der Waals surface area contributed by atoms with Crippen LogP contribution in [0, 0.1) is 0 Å². The molecule has 1 rings (SSSR count). The van der Waals surface area contributed by atoms with E-state index in [1.807, 2.05) is 0 Å². The molecule has 1 nitrogen and oxygen atoms in total. The highest BCUT2D eigenvalue weighted by molar-refractivity contribution is 9.10. The van der Waals surface area contributed by atoms with E-state index in [0.29, 0.717) is 20.1 Å². The lowest BCUT2D eigenvalue weighted by atomic mass is 10.1. The Morgan fingerprint density at radius 2 is 2.00 bits per heavy atom. The molecule has 0 unspecified atom stereocenters. The summed E-state index contributed by atoms with van der Waals surface area (Å²) in [6.07, 6.45) is 0. The van der Waals surface area contributed by atoms with E-state index >= 15 is 0 Å². The Morgan fingerprint density at radius 1 is 1.38 bits per heavy atom. The van der Waals surface area contributed by atoms with E-state index in [9.17, 15) is 4.79 Å². The van der Waals surface area contributed by atoms with Gasteiger partial charge in [-0.25, -0.2) is 0 Å². The molecule has 0 bridgehead atoms. The largest absolute Gasteiger partial charge is 0.293 e. The van der Waals surface area contributed by atoms with Gasteiger partial charge in [0.1, 0.15) is 0 Å². The fraction of sp³-hybridized carbons (Fsp3) is 0.125. The van der Waals surface area contributed by atoms with Gasteiger partial charge in [0.15, 0.2) is 5.78 Å². The molecule has 0 aliphatic rings. The highest BCUT2D eigenvalue weighted by atomic mass is 79.9. The highest BCUT2D eigenvalue weighted by Gasteiger charge is 2.15. The molecule has 0 radical (unpaired) electrons.